The number of methoxy groups -OCH3 is 1. The lowest BCUT2D eigenvalue weighted by Crippen LogP contribution is -2.48. The Bertz CT molecular complexity index is 881. The van der Waals surface area contributed by atoms with Crippen molar-refractivity contribution in [3.63, 3.8) is 0 Å². The minimum atomic E-state index is -0.990. The Hall–Kier alpha value is -3.26. The lowest BCUT2D eigenvalue weighted by molar-refractivity contribution is -0.144. The Morgan fingerprint density at radius 2 is 1.83 bits per heavy atom. The summed E-state index contributed by atoms with van der Waals surface area (Å²) in [6.07, 6.45) is -0.124. The number of aromatic hydroxyl groups is 1. The minimum absolute atomic E-state index is 0.0384. The van der Waals surface area contributed by atoms with E-state index in [0.29, 0.717) is 12.2 Å². The zero-order valence-electron chi connectivity index (χ0n) is 17.0. The van der Waals surface area contributed by atoms with Crippen LogP contribution in [0.3, 0.4) is 0 Å². The first kappa shape index (κ1) is 21.4. The first-order valence-corrected chi connectivity index (χ1v) is 9.87. The van der Waals surface area contributed by atoms with Gasteiger partial charge in [-0.05, 0) is 24.3 Å². The number of aliphatic carboxylic acids is 1. The number of carbonyl (C=O) groups is 2. The van der Waals surface area contributed by atoms with E-state index >= 15 is 0 Å². The third-order valence-electron chi connectivity index (χ3n) is 5.18. The maximum Gasteiger partial charge on any atom is 0.308 e. The fraction of sp³-hybridized carbons (Fsp3) is 0.364. The lowest BCUT2D eigenvalue weighted by Gasteiger charge is -2.37. The molecule has 1 amide bonds. The molecule has 0 aromatic heterocycles. The molecule has 1 fully saturated rings. The second-order valence-corrected chi connectivity index (χ2v) is 7.33. The van der Waals surface area contributed by atoms with Crippen molar-refractivity contribution in [3.05, 3.63) is 48.5 Å². The molecule has 8 nitrogen and oxygen atoms in total. The highest BCUT2D eigenvalue weighted by atomic mass is 16.5. The van der Waals surface area contributed by atoms with Crippen molar-refractivity contribution in [2.24, 2.45) is 5.92 Å². The molecule has 0 radical (unpaired) electrons. The van der Waals surface area contributed by atoms with Crippen LogP contribution in [0.5, 0.6) is 11.5 Å². The Kier molecular flexibility index (Phi) is 7.13. The predicted octanol–water partition coefficient (Wildman–Crippen LogP) is 2.25. The van der Waals surface area contributed by atoms with Crippen molar-refractivity contribution in [3.8, 4) is 11.5 Å². The number of nitrogens with zero attached hydrogens (tertiary/aromatic N) is 2. The van der Waals surface area contributed by atoms with Gasteiger partial charge in [0.1, 0.15) is 11.5 Å². The number of anilines is 2. The normalized spacial score (nSPS) is 15.4. The van der Waals surface area contributed by atoms with Crippen molar-refractivity contribution < 1.29 is 24.5 Å². The molecule has 3 rings (SSSR count). The topological polar surface area (TPSA) is 102 Å². The Labute approximate surface area is 175 Å². The van der Waals surface area contributed by atoms with Crippen molar-refractivity contribution in [1.82, 2.24) is 4.90 Å². The zero-order chi connectivity index (χ0) is 21.5. The summed E-state index contributed by atoms with van der Waals surface area (Å²) in [7, 11) is 1.64. The number of phenolic OH excluding ortho intramolecular Hbond substituents is 1. The highest BCUT2D eigenvalue weighted by molar-refractivity contribution is 5.93. The molecule has 2 aromatic rings. The van der Waals surface area contributed by atoms with E-state index in [0.717, 1.165) is 37.6 Å². The number of piperazine rings is 1. The summed E-state index contributed by atoms with van der Waals surface area (Å²) in [6, 6.07) is 14.1. The van der Waals surface area contributed by atoms with Gasteiger partial charge in [-0.15, -0.1) is 0 Å². The SMILES string of the molecule is COc1cccc(N2CCN(CC(CC(=O)Nc3cccc(O)c3)C(=O)O)CC2)c1. The van der Waals surface area contributed by atoms with Crippen LogP contribution < -0.4 is 15.0 Å². The summed E-state index contributed by atoms with van der Waals surface area (Å²) in [6.45, 7) is 3.29. The third kappa shape index (κ3) is 5.87. The molecule has 0 spiro atoms. The van der Waals surface area contributed by atoms with Crippen LogP contribution in [0.4, 0.5) is 11.4 Å². The van der Waals surface area contributed by atoms with Crippen LogP contribution in [0.15, 0.2) is 48.5 Å². The van der Waals surface area contributed by atoms with Crippen LogP contribution in [0.1, 0.15) is 6.42 Å². The number of carboxylic acid groups (broad SMARTS) is 1. The molecular formula is C22H27N3O5. The molecule has 160 valence electrons. The summed E-state index contributed by atoms with van der Waals surface area (Å²) in [5.74, 6) is -1.33. The number of carboxylic acids is 1. The molecule has 8 heteroatoms. The fourth-order valence-electron chi connectivity index (χ4n) is 3.56. The highest BCUT2D eigenvalue weighted by Gasteiger charge is 2.26. The quantitative estimate of drug-likeness (QED) is 0.610. The van der Waals surface area contributed by atoms with Gasteiger partial charge in [0.2, 0.25) is 5.91 Å². The average molecular weight is 413 g/mol. The Morgan fingerprint density at radius 3 is 2.50 bits per heavy atom. The van der Waals surface area contributed by atoms with Crippen LogP contribution in [-0.2, 0) is 9.59 Å². The van der Waals surface area contributed by atoms with E-state index in [-0.39, 0.29) is 18.1 Å². The molecule has 0 saturated carbocycles. The number of ether oxygens (including phenoxy) is 1. The summed E-state index contributed by atoms with van der Waals surface area (Å²) in [5, 5.41) is 21.7. The van der Waals surface area contributed by atoms with Gasteiger partial charge in [0.15, 0.2) is 0 Å². The van der Waals surface area contributed by atoms with Crippen LogP contribution in [0, 0.1) is 5.92 Å². The number of rotatable bonds is 8. The molecule has 30 heavy (non-hydrogen) atoms. The molecule has 2 aromatic carbocycles. The van der Waals surface area contributed by atoms with Gasteiger partial charge >= 0.3 is 5.97 Å². The second kappa shape index (κ2) is 9.98. The van der Waals surface area contributed by atoms with E-state index in [1.807, 2.05) is 24.3 Å². The molecule has 1 heterocycles. The summed E-state index contributed by atoms with van der Waals surface area (Å²) < 4.78 is 5.28. The average Bonchev–Trinajstić information content (AvgIpc) is 2.73. The van der Waals surface area contributed by atoms with E-state index in [1.54, 1.807) is 19.2 Å². The maximum absolute atomic E-state index is 12.3. The van der Waals surface area contributed by atoms with Crippen molar-refractivity contribution in [2.45, 2.75) is 6.42 Å². The van der Waals surface area contributed by atoms with Crippen molar-refractivity contribution >= 4 is 23.3 Å². The third-order valence-corrected chi connectivity index (χ3v) is 5.18. The molecule has 3 N–H and O–H groups in total. The van der Waals surface area contributed by atoms with E-state index in [4.69, 9.17) is 4.74 Å². The summed E-state index contributed by atoms with van der Waals surface area (Å²) >= 11 is 0. The smallest absolute Gasteiger partial charge is 0.308 e. The number of phenols is 1. The Balaban J connectivity index is 1.52. The standard InChI is InChI=1S/C22H27N3O5/c1-30-20-7-3-5-18(14-20)25-10-8-24(9-11-25)15-16(22(28)29)12-21(27)23-17-4-2-6-19(26)13-17/h2-7,13-14,16,26H,8-12,15H2,1H3,(H,23,27)(H,28,29). The van der Waals surface area contributed by atoms with Gasteiger partial charge in [0.05, 0.1) is 13.0 Å². The fourth-order valence-corrected chi connectivity index (χ4v) is 3.56. The van der Waals surface area contributed by atoms with Gasteiger partial charge in [0, 0.05) is 62.7 Å². The van der Waals surface area contributed by atoms with Crippen molar-refractivity contribution in [2.75, 3.05) is 50.1 Å². The van der Waals surface area contributed by atoms with E-state index in [1.165, 1.54) is 12.1 Å². The molecule has 1 aliphatic heterocycles. The molecule has 0 bridgehead atoms. The summed E-state index contributed by atoms with van der Waals surface area (Å²) in [4.78, 5) is 28.3. The van der Waals surface area contributed by atoms with Crippen LogP contribution in [0.2, 0.25) is 0 Å². The number of carbonyl (C=O) groups excluding carboxylic acids is 1. The second-order valence-electron chi connectivity index (χ2n) is 7.33. The van der Waals surface area contributed by atoms with E-state index < -0.39 is 11.9 Å². The van der Waals surface area contributed by atoms with Gasteiger partial charge in [-0.2, -0.15) is 0 Å². The largest absolute Gasteiger partial charge is 0.508 e. The number of benzene rings is 2. The van der Waals surface area contributed by atoms with Crippen LogP contribution in [-0.4, -0.2) is 66.8 Å². The molecule has 0 aliphatic carbocycles. The maximum atomic E-state index is 12.3. The van der Waals surface area contributed by atoms with Gasteiger partial charge < -0.3 is 25.2 Å². The van der Waals surface area contributed by atoms with Gasteiger partial charge in [-0.1, -0.05) is 12.1 Å². The number of hydrogen-bond donors (Lipinski definition) is 3. The number of hydrogen-bond acceptors (Lipinski definition) is 6. The van der Waals surface area contributed by atoms with Crippen LogP contribution >= 0.6 is 0 Å². The predicted molar refractivity (Wildman–Crippen MR) is 114 cm³/mol. The zero-order valence-corrected chi connectivity index (χ0v) is 17.0. The lowest BCUT2D eigenvalue weighted by atomic mass is 10.0. The number of amides is 1. The van der Waals surface area contributed by atoms with Crippen molar-refractivity contribution in [1.29, 1.82) is 0 Å². The first-order valence-electron chi connectivity index (χ1n) is 9.87. The molecule has 1 aliphatic rings. The van der Waals surface area contributed by atoms with Gasteiger partial charge in [-0.25, -0.2) is 0 Å². The first-order chi connectivity index (χ1) is 14.4. The van der Waals surface area contributed by atoms with Crippen LogP contribution in [0.25, 0.3) is 0 Å². The Morgan fingerprint density at radius 1 is 1.10 bits per heavy atom. The minimum Gasteiger partial charge on any atom is -0.508 e. The summed E-state index contributed by atoms with van der Waals surface area (Å²) in [5.41, 5.74) is 1.52. The van der Waals surface area contributed by atoms with Gasteiger partial charge in [-0.3, -0.25) is 14.5 Å². The molecule has 1 unspecified atom stereocenters. The highest BCUT2D eigenvalue weighted by Crippen LogP contribution is 2.23. The van der Waals surface area contributed by atoms with Gasteiger partial charge in [0.25, 0.3) is 0 Å². The molecule has 1 atom stereocenters. The van der Waals surface area contributed by atoms with E-state index in [2.05, 4.69) is 15.1 Å². The number of nitrogens with one attached hydrogen (secondary N) is 1. The molecular weight excluding hydrogens is 386 g/mol. The monoisotopic (exact) mass is 413 g/mol. The molecule has 1 saturated heterocycles. The van der Waals surface area contributed by atoms with E-state index in [9.17, 15) is 19.8 Å².